The maximum Gasteiger partial charge on any atom is 0.0618 e. The molecule has 46 valence electrons. The second-order valence-electron chi connectivity index (χ2n) is 2.17. The zero-order valence-corrected chi connectivity index (χ0v) is 4.80. The van der Waals surface area contributed by atoms with Gasteiger partial charge in [-0.05, 0) is 12.8 Å². The van der Waals surface area contributed by atoms with Crippen LogP contribution in [0.15, 0.2) is 11.6 Å². The molecule has 0 spiro atoms. The maximum atomic E-state index is 8.44. The molecule has 0 unspecified atom stereocenters. The Hall–Kier alpha value is -0.340. The van der Waals surface area contributed by atoms with Crippen LogP contribution < -0.4 is 5.73 Å². The SMILES string of the molecule is N[C@@H](C=C1CC1)CO. The van der Waals surface area contributed by atoms with Crippen molar-refractivity contribution in [2.75, 3.05) is 6.61 Å². The topological polar surface area (TPSA) is 46.2 Å². The summed E-state index contributed by atoms with van der Waals surface area (Å²) in [6.07, 6.45) is 4.32. The molecule has 1 saturated carbocycles. The van der Waals surface area contributed by atoms with Crippen molar-refractivity contribution in [3.05, 3.63) is 11.6 Å². The van der Waals surface area contributed by atoms with E-state index in [0.29, 0.717) is 0 Å². The van der Waals surface area contributed by atoms with Crippen molar-refractivity contribution in [2.45, 2.75) is 18.9 Å². The van der Waals surface area contributed by atoms with Crippen molar-refractivity contribution < 1.29 is 5.11 Å². The van der Waals surface area contributed by atoms with Crippen molar-refractivity contribution in [3.63, 3.8) is 0 Å². The smallest absolute Gasteiger partial charge is 0.0618 e. The molecule has 0 radical (unpaired) electrons. The van der Waals surface area contributed by atoms with Gasteiger partial charge in [-0.2, -0.15) is 0 Å². The van der Waals surface area contributed by atoms with Crippen LogP contribution in [0.3, 0.4) is 0 Å². The van der Waals surface area contributed by atoms with E-state index in [1.807, 2.05) is 6.08 Å². The van der Waals surface area contributed by atoms with Gasteiger partial charge in [-0.1, -0.05) is 11.6 Å². The van der Waals surface area contributed by atoms with Crippen LogP contribution in [0.4, 0.5) is 0 Å². The number of hydrogen-bond acceptors (Lipinski definition) is 2. The summed E-state index contributed by atoms with van der Waals surface area (Å²) in [6.45, 7) is 0.0729. The van der Waals surface area contributed by atoms with E-state index >= 15 is 0 Å². The van der Waals surface area contributed by atoms with Crippen LogP contribution in [0.1, 0.15) is 12.8 Å². The van der Waals surface area contributed by atoms with Crippen molar-refractivity contribution in [1.29, 1.82) is 0 Å². The van der Waals surface area contributed by atoms with Gasteiger partial charge in [-0.15, -0.1) is 0 Å². The summed E-state index contributed by atoms with van der Waals surface area (Å²) in [7, 11) is 0. The number of rotatable bonds is 2. The van der Waals surface area contributed by atoms with E-state index in [1.165, 1.54) is 18.4 Å². The first-order valence-corrected chi connectivity index (χ1v) is 2.89. The first kappa shape index (κ1) is 5.79. The average molecular weight is 113 g/mol. The monoisotopic (exact) mass is 113 g/mol. The Morgan fingerprint density at radius 3 is 2.75 bits per heavy atom. The summed E-state index contributed by atoms with van der Waals surface area (Å²) in [5.41, 5.74) is 6.78. The van der Waals surface area contributed by atoms with Crippen molar-refractivity contribution in [3.8, 4) is 0 Å². The van der Waals surface area contributed by atoms with E-state index in [-0.39, 0.29) is 12.6 Å². The van der Waals surface area contributed by atoms with Crippen LogP contribution in [0.5, 0.6) is 0 Å². The number of allylic oxidation sites excluding steroid dienone is 1. The highest BCUT2D eigenvalue weighted by atomic mass is 16.3. The Kier molecular flexibility index (Phi) is 1.65. The zero-order chi connectivity index (χ0) is 5.98. The molecule has 3 N–H and O–H groups in total. The van der Waals surface area contributed by atoms with Gasteiger partial charge in [-0.25, -0.2) is 0 Å². The highest BCUT2D eigenvalue weighted by molar-refractivity contribution is 5.18. The highest BCUT2D eigenvalue weighted by Gasteiger charge is 2.11. The number of hydrogen-bond donors (Lipinski definition) is 2. The van der Waals surface area contributed by atoms with Crippen LogP contribution >= 0.6 is 0 Å². The molecule has 8 heavy (non-hydrogen) atoms. The molecule has 1 aliphatic rings. The van der Waals surface area contributed by atoms with E-state index in [4.69, 9.17) is 10.8 Å². The molecule has 1 atom stereocenters. The molecular weight excluding hydrogens is 102 g/mol. The van der Waals surface area contributed by atoms with Crippen LogP contribution in [-0.2, 0) is 0 Å². The third-order valence-corrected chi connectivity index (χ3v) is 1.20. The summed E-state index contributed by atoms with van der Waals surface area (Å²) < 4.78 is 0. The third kappa shape index (κ3) is 1.64. The Labute approximate surface area is 49.0 Å². The molecule has 0 aliphatic heterocycles. The van der Waals surface area contributed by atoms with E-state index in [2.05, 4.69) is 0 Å². The minimum atomic E-state index is -0.118. The molecule has 0 amide bonds. The molecule has 0 aromatic heterocycles. The summed E-state index contributed by atoms with van der Waals surface area (Å²) in [5, 5.41) is 8.44. The Bertz CT molecular complexity index is 103. The maximum absolute atomic E-state index is 8.44. The second-order valence-corrected chi connectivity index (χ2v) is 2.17. The molecule has 0 aromatic carbocycles. The highest BCUT2D eigenvalue weighted by Crippen LogP contribution is 2.27. The van der Waals surface area contributed by atoms with Gasteiger partial charge in [-0.3, -0.25) is 0 Å². The molecule has 2 heteroatoms. The Morgan fingerprint density at radius 1 is 1.75 bits per heavy atom. The fraction of sp³-hybridized carbons (Fsp3) is 0.667. The van der Waals surface area contributed by atoms with Gasteiger partial charge in [0, 0.05) is 6.04 Å². The first-order valence-electron chi connectivity index (χ1n) is 2.89. The summed E-state index contributed by atoms with van der Waals surface area (Å²) in [5.74, 6) is 0. The van der Waals surface area contributed by atoms with Gasteiger partial charge in [0.05, 0.1) is 6.61 Å². The van der Waals surface area contributed by atoms with Gasteiger partial charge in [0.15, 0.2) is 0 Å². The van der Waals surface area contributed by atoms with Gasteiger partial charge in [0.1, 0.15) is 0 Å². The lowest BCUT2D eigenvalue weighted by molar-refractivity contribution is 0.284. The summed E-state index contributed by atoms with van der Waals surface area (Å²) >= 11 is 0. The van der Waals surface area contributed by atoms with Gasteiger partial charge < -0.3 is 10.8 Å². The largest absolute Gasteiger partial charge is 0.394 e. The molecule has 0 saturated heterocycles. The average Bonchev–Trinajstić information content (AvgIpc) is 2.50. The van der Waals surface area contributed by atoms with Crippen LogP contribution in [0.2, 0.25) is 0 Å². The minimum Gasteiger partial charge on any atom is -0.394 e. The normalized spacial score (nSPS) is 20.5. The van der Waals surface area contributed by atoms with Gasteiger partial charge in [0.25, 0.3) is 0 Å². The molecule has 0 heterocycles. The van der Waals surface area contributed by atoms with Crippen LogP contribution in [0.25, 0.3) is 0 Å². The molecule has 0 bridgehead atoms. The molecule has 1 rings (SSSR count). The number of aliphatic hydroxyl groups is 1. The van der Waals surface area contributed by atoms with Crippen LogP contribution in [0, 0.1) is 0 Å². The lowest BCUT2D eigenvalue weighted by atomic mass is 10.3. The standard InChI is InChI=1S/C6H11NO/c7-6(4-8)3-5-1-2-5/h3,6,8H,1-2,4,7H2/t6-/m0/s1. The first-order chi connectivity index (χ1) is 3.83. The third-order valence-electron chi connectivity index (χ3n) is 1.20. The van der Waals surface area contributed by atoms with Crippen molar-refractivity contribution in [1.82, 2.24) is 0 Å². The quantitative estimate of drug-likeness (QED) is 0.496. The van der Waals surface area contributed by atoms with Crippen molar-refractivity contribution >= 4 is 0 Å². The van der Waals surface area contributed by atoms with Crippen molar-refractivity contribution in [2.24, 2.45) is 5.73 Å². The predicted molar refractivity (Wildman–Crippen MR) is 32.4 cm³/mol. The van der Waals surface area contributed by atoms with E-state index in [1.54, 1.807) is 0 Å². The van der Waals surface area contributed by atoms with E-state index < -0.39 is 0 Å². The number of aliphatic hydroxyl groups excluding tert-OH is 1. The fourth-order valence-corrected chi connectivity index (χ4v) is 0.594. The Balaban J connectivity index is 2.25. The van der Waals surface area contributed by atoms with E-state index in [0.717, 1.165) is 0 Å². The van der Waals surface area contributed by atoms with Crippen LogP contribution in [-0.4, -0.2) is 17.8 Å². The predicted octanol–water partition coefficient (Wildman–Crippen LogP) is 0.0262. The minimum absolute atomic E-state index is 0.0729. The number of nitrogens with two attached hydrogens (primary N) is 1. The lowest BCUT2D eigenvalue weighted by Crippen LogP contribution is -2.20. The van der Waals surface area contributed by atoms with Gasteiger partial charge in [0.2, 0.25) is 0 Å². The fourth-order valence-electron chi connectivity index (χ4n) is 0.594. The van der Waals surface area contributed by atoms with E-state index in [9.17, 15) is 0 Å². The molecule has 1 aliphatic carbocycles. The zero-order valence-electron chi connectivity index (χ0n) is 4.80. The van der Waals surface area contributed by atoms with Gasteiger partial charge >= 0.3 is 0 Å². The molecular formula is C6H11NO. The summed E-state index contributed by atoms with van der Waals surface area (Å²) in [4.78, 5) is 0. The Morgan fingerprint density at radius 2 is 2.38 bits per heavy atom. The second kappa shape index (κ2) is 2.29. The summed E-state index contributed by atoms with van der Waals surface area (Å²) in [6, 6.07) is -0.118. The lowest BCUT2D eigenvalue weighted by Gasteiger charge is -1.96. The molecule has 2 nitrogen and oxygen atoms in total. The molecule has 1 fully saturated rings. The molecule has 0 aromatic rings.